The predicted octanol–water partition coefficient (Wildman–Crippen LogP) is 3.42. The Hall–Kier alpha value is -1.06. The number of halogens is 1. The number of amides is 1. The number of carbonyl (C=O) groups excluding carboxylic acids is 1. The van der Waals surface area contributed by atoms with Gasteiger partial charge in [-0.3, -0.25) is 4.79 Å². The Morgan fingerprint density at radius 1 is 1.40 bits per heavy atom. The standard InChI is InChI=1S/C16H23ClN2O/c1-11(13-7-3-4-8-14(13)17)19-16(20)10-12-6-2-5-9-15(12)18/h3-4,7-8,11-12,15H,2,5-6,9-10,18H2,1H3,(H,19,20). The maximum Gasteiger partial charge on any atom is 0.220 e. The number of hydrogen-bond acceptors (Lipinski definition) is 2. The first kappa shape index (κ1) is 15.3. The summed E-state index contributed by atoms with van der Waals surface area (Å²) in [5, 5.41) is 3.72. The Bertz CT molecular complexity index is 464. The van der Waals surface area contributed by atoms with Gasteiger partial charge in [0.2, 0.25) is 5.91 Å². The molecule has 0 aromatic heterocycles. The van der Waals surface area contributed by atoms with Crippen molar-refractivity contribution in [2.75, 3.05) is 0 Å². The summed E-state index contributed by atoms with van der Waals surface area (Å²) < 4.78 is 0. The fraction of sp³-hybridized carbons (Fsp3) is 0.562. The second kappa shape index (κ2) is 7.09. The predicted molar refractivity (Wildman–Crippen MR) is 82.6 cm³/mol. The number of nitrogens with one attached hydrogen (secondary N) is 1. The molecule has 0 saturated heterocycles. The number of nitrogens with two attached hydrogens (primary N) is 1. The number of rotatable bonds is 4. The van der Waals surface area contributed by atoms with Crippen LogP contribution in [0.4, 0.5) is 0 Å². The molecule has 4 heteroatoms. The molecule has 1 amide bonds. The van der Waals surface area contributed by atoms with Gasteiger partial charge in [-0.2, -0.15) is 0 Å². The van der Waals surface area contributed by atoms with Crippen LogP contribution in [0.25, 0.3) is 0 Å². The zero-order valence-corrected chi connectivity index (χ0v) is 12.7. The van der Waals surface area contributed by atoms with E-state index in [1.807, 2.05) is 31.2 Å². The van der Waals surface area contributed by atoms with Gasteiger partial charge in [0.25, 0.3) is 0 Å². The van der Waals surface area contributed by atoms with Gasteiger partial charge in [-0.25, -0.2) is 0 Å². The zero-order chi connectivity index (χ0) is 14.5. The molecule has 3 unspecified atom stereocenters. The van der Waals surface area contributed by atoms with E-state index < -0.39 is 0 Å². The van der Waals surface area contributed by atoms with Crippen LogP contribution in [-0.4, -0.2) is 11.9 Å². The third-order valence-corrected chi connectivity index (χ3v) is 4.51. The van der Waals surface area contributed by atoms with E-state index in [4.69, 9.17) is 17.3 Å². The normalized spacial score (nSPS) is 24.1. The van der Waals surface area contributed by atoms with E-state index in [0.717, 1.165) is 18.4 Å². The van der Waals surface area contributed by atoms with E-state index in [9.17, 15) is 4.79 Å². The highest BCUT2D eigenvalue weighted by atomic mass is 35.5. The SMILES string of the molecule is CC(NC(=O)CC1CCCCC1N)c1ccccc1Cl. The highest BCUT2D eigenvalue weighted by molar-refractivity contribution is 6.31. The van der Waals surface area contributed by atoms with E-state index in [1.165, 1.54) is 12.8 Å². The summed E-state index contributed by atoms with van der Waals surface area (Å²) >= 11 is 6.15. The number of benzene rings is 1. The van der Waals surface area contributed by atoms with Crippen LogP contribution < -0.4 is 11.1 Å². The fourth-order valence-electron chi connectivity index (χ4n) is 2.93. The minimum atomic E-state index is -0.0731. The van der Waals surface area contributed by atoms with Gasteiger partial charge < -0.3 is 11.1 Å². The Kier molecular flexibility index (Phi) is 5.44. The molecule has 110 valence electrons. The van der Waals surface area contributed by atoms with Gasteiger partial charge in [0.1, 0.15) is 0 Å². The van der Waals surface area contributed by atoms with Crippen LogP contribution in [0.3, 0.4) is 0 Å². The zero-order valence-electron chi connectivity index (χ0n) is 11.9. The lowest BCUT2D eigenvalue weighted by atomic mass is 9.83. The summed E-state index contributed by atoms with van der Waals surface area (Å²) in [4.78, 5) is 12.1. The van der Waals surface area contributed by atoms with Gasteiger partial charge in [-0.05, 0) is 37.3 Å². The molecule has 3 atom stereocenters. The Morgan fingerprint density at radius 2 is 2.10 bits per heavy atom. The molecule has 0 radical (unpaired) electrons. The topological polar surface area (TPSA) is 55.1 Å². The smallest absolute Gasteiger partial charge is 0.220 e. The molecule has 1 aliphatic carbocycles. The van der Waals surface area contributed by atoms with E-state index >= 15 is 0 Å². The molecule has 3 nitrogen and oxygen atoms in total. The van der Waals surface area contributed by atoms with Crippen molar-refractivity contribution in [2.45, 2.75) is 51.1 Å². The molecule has 20 heavy (non-hydrogen) atoms. The van der Waals surface area contributed by atoms with E-state index in [0.29, 0.717) is 17.4 Å². The lowest BCUT2D eigenvalue weighted by Crippen LogP contribution is -2.37. The number of hydrogen-bond donors (Lipinski definition) is 2. The third kappa shape index (κ3) is 3.97. The molecule has 1 aromatic carbocycles. The highest BCUT2D eigenvalue weighted by Crippen LogP contribution is 2.26. The Morgan fingerprint density at radius 3 is 2.80 bits per heavy atom. The maximum atomic E-state index is 12.1. The van der Waals surface area contributed by atoms with Crippen molar-refractivity contribution in [2.24, 2.45) is 11.7 Å². The van der Waals surface area contributed by atoms with Crippen LogP contribution in [0.5, 0.6) is 0 Å². The molecule has 2 rings (SSSR count). The van der Waals surface area contributed by atoms with E-state index in [1.54, 1.807) is 0 Å². The molecule has 1 fully saturated rings. The average molecular weight is 295 g/mol. The van der Waals surface area contributed by atoms with Gasteiger partial charge in [0.05, 0.1) is 6.04 Å². The lowest BCUT2D eigenvalue weighted by molar-refractivity contribution is -0.123. The first-order valence-electron chi connectivity index (χ1n) is 7.37. The van der Waals surface area contributed by atoms with Gasteiger partial charge >= 0.3 is 0 Å². The molecule has 0 spiro atoms. The first-order valence-corrected chi connectivity index (χ1v) is 7.75. The minimum absolute atomic E-state index is 0.0692. The van der Waals surface area contributed by atoms with Crippen molar-refractivity contribution >= 4 is 17.5 Å². The average Bonchev–Trinajstić information content (AvgIpc) is 2.41. The van der Waals surface area contributed by atoms with Crippen LogP contribution in [-0.2, 0) is 4.79 Å². The Labute approximate surface area is 125 Å². The second-order valence-electron chi connectivity index (χ2n) is 5.72. The van der Waals surface area contributed by atoms with Crippen LogP contribution >= 0.6 is 11.6 Å². The van der Waals surface area contributed by atoms with E-state index in [2.05, 4.69) is 5.32 Å². The molecule has 3 N–H and O–H groups in total. The molecule has 1 aliphatic rings. The summed E-state index contributed by atoms with van der Waals surface area (Å²) in [6, 6.07) is 7.71. The Balaban J connectivity index is 1.89. The van der Waals surface area contributed by atoms with Gasteiger partial charge in [-0.15, -0.1) is 0 Å². The first-order chi connectivity index (χ1) is 9.58. The van der Waals surface area contributed by atoms with Crippen molar-refractivity contribution in [1.29, 1.82) is 0 Å². The monoisotopic (exact) mass is 294 g/mol. The summed E-state index contributed by atoms with van der Waals surface area (Å²) in [6.45, 7) is 1.96. The molecule has 0 bridgehead atoms. The lowest BCUT2D eigenvalue weighted by Gasteiger charge is -2.28. The van der Waals surface area contributed by atoms with Crippen molar-refractivity contribution in [1.82, 2.24) is 5.32 Å². The van der Waals surface area contributed by atoms with Crippen molar-refractivity contribution < 1.29 is 4.79 Å². The summed E-state index contributed by atoms with van der Waals surface area (Å²) in [7, 11) is 0. The fourth-order valence-corrected chi connectivity index (χ4v) is 3.23. The summed E-state index contributed by atoms with van der Waals surface area (Å²) in [6.07, 6.45) is 5.00. The van der Waals surface area contributed by atoms with Gasteiger partial charge in [0, 0.05) is 17.5 Å². The number of carbonyl (C=O) groups is 1. The minimum Gasteiger partial charge on any atom is -0.350 e. The van der Waals surface area contributed by atoms with Gasteiger partial charge in [0.15, 0.2) is 0 Å². The molecular formula is C16H23ClN2O. The second-order valence-corrected chi connectivity index (χ2v) is 6.13. The van der Waals surface area contributed by atoms with Crippen molar-refractivity contribution in [3.8, 4) is 0 Å². The summed E-state index contributed by atoms with van der Waals surface area (Å²) in [5.74, 6) is 0.391. The van der Waals surface area contributed by atoms with Crippen LogP contribution in [0.15, 0.2) is 24.3 Å². The third-order valence-electron chi connectivity index (χ3n) is 4.16. The molecule has 0 aliphatic heterocycles. The van der Waals surface area contributed by atoms with Crippen molar-refractivity contribution in [3.05, 3.63) is 34.9 Å². The van der Waals surface area contributed by atoms with Crippen LogP contribution in [0.1, 0.15) is 50.6 Å². The largest absolute Gasteiger partial charge is 0.350 e. The summed E-state index contributed by atoms with van der Waals surface area (Å²) in [5.41, 5.74) is 7.05. The molecule has 1 aromatic rings. The molecular weight excluding hydrogens is 272 g/mol. The molecule has 0 heterocycles. The maximum absolute atomic E-state index is 12.1. The van der Waals surface area contributed by atoms with Gasteiger partial charge in [-0.1, -0.05) is 42.6 Å². The van der Waals surface area contributed by atoms with Crippen molar-refractivity contribution in [3.63, 3.8) is 0 Å². The van der Waals surface area contributed by atoms with E-state index in [-0.39, 0.29) is 18.0 Å². The highest BCUT2D eigenvalue weighted by Gasteiger charge is 2.24. The van der Waals surface area contributed by atoms with Crippen LogP contribution in [0, 0.1) is 5.92 Å². The molecule has 1 saturated carbocycles. The quantitative estimate of drug-likeness (QED) is 0.894. The van der Waals surface area contributed by atoms with Crippen LogP contribution in [0.2, 0.25) is 5.02 Å².